The summed E-state index contributed by atoms with van der Waals surface area (Å²) in [7, 11) is 1.68. The number of hydrogen-bond acceptors (Lipinski definition) is 1. The molecule has 0 unspecified atom stereocenters. The van der Waals surface area contributed by atoms with Gasteiger partial charge >= 0.3 is 5.97 Å². The molecule has 3 nitrogen and oxygen atoms in total. The van der Waals surface area contributed by atoms with Crippen LogP contribution in [0.25, 0.3) is 10.9 Å². The molecule has 0 aliphatic heterocycles. The van der Waals surface area contributed by atoms with Crippen LogP contribution >= 0.6 is 15.9 Å². The monoisotopic (exact) mass is 271 g/mol. The summed E-state index contributed by atoms with van der Waals surface area (Å²) in [6.07, 6.45) is 1.40. The molecule has 0 aliphatic carbocycles. The van der Waals surface area contributed by atoms with Gasteiger partial charge in [-0.2, -0.15) is 0 Å². The van der Waals surface area contributed by atoms with Gasteiger partial charge in [0.25, 0.3) is 0 Å². The van der Waals surface area contributed by atoms with E-state index in [4.69, 9.17) is 5.11 Å². The summed E-state index contributed by atoms with van der Waals surface area (Å²) in [5, 5.41) is 9.05. The number of aryl methyl sites for hydroxylation is 1. The molecule has 1 aromatic heterocycles. The molecule has 0 fully saturated rings. The van der Waals surface area contributed by atoms with E-state index in [-0.39, 0.29) is 10.9 Å². The molecule has 1 aromatic carbocycles. The van der Waals surface area contributed by atoms with Crippen molar-refractivity contribution >= 4 is 32.8 Å². The molecule has 0 bridgehead atoms. The molecule has 2 rings (SSSR count). The van der Waals surface area contributed by atoms with Crippen LogP contribution in [0.15, 0.2) is 22.8 Å². The van der Waals surface area contributed by atoms with Crippen molar-refractivity contribution in [1.29, 1.82) is 0 Å². The first-order valence-corrected chi connectivity index (χ1v) is 4.98. The fraction of sp³-hybridized carbons (Fsp3) is 0.100. The van der Waals surface area contributed by atoms with Crippen LogP contribution in [0.1, 0.15) is 10.4 Å². The lowest BCUT2D eigenvalue weighted by molar-refractivity contribution is 0.0698. The number of aromatic carboxylic acids is 1. The van der Waals surface area contributed by atoms with Gasteiger partial charge in [0, 0.05) is 17.7 Å². The second-order valence-corrected chi connectivity index (χ2v) is 4.07. The minimum absolute atomic E-state index is 0.0219. The molecule has 15 heavy (non-hydrogen) atoms. The lowest BCUT2D eigenvalue weighted by Gasteiger charge is -1.99. The Balaban J connectivity index is 2.98. The van der Waals surface area contributed by atoms with Gasteiger partial charge in [-0.1, -0.05) is 0 Å². The maximum Gasteiger partial charge on any atom is 0.337 e. The van der Waals surface area contributed by atoms with Crippen LogP contribution in [0.3, 0.4) is 0 Å². The van der Waals surface area contributed by atoms with Gasteiger partial charge in [0.15, 0.2) is 0 Å². The van der Waals surface area contributed by atoms with Crippen LogP contribution in [0.4, 0.5) is 4.39 Å². The van der Waals surface area contributed by atoms with Crippen LogP contribution in [-0.4, -0.2) is 15.6 Å². The standard InChI is InChI=1S/C10H7BrFNO2/c1-13-4-5(10(14)15)8-7(12)3-2-6(11)9(8)13/h2-4H,1H3,(H,14,15). The quantitative estimate of drug-likeness (QED) is 0.867. The lowest BCUT2D eigenvalue weighted by Crippen LogP contribution is -1.95. The second kappa shape index (κ2) is 3.34. The Kier molecular flexibility index (Phi) is 2.26. The van der Waals surface area contributed by atoms with Gasteiger partial charge in [0.05, 0.1) is 16.5 Å². The molecule has 0 aliphatic rings. The van der Waals surface area contributed by atoms with Crippen LogP contribution in [-0.2, 0) is 7.05 Å². The van der Waals surface area contributed by atoms with Crippen molar-refractivity contribution in [1.82, 2.24) is 4.57 Å². The molecule has 0 saturated carbocycles. The third kappa shape index (κ3) is 1.43. The average Bonchev–Trinajstić information content (AvgIpc) is 2.51. The lowest BCUT2D eigenvalue weighted by atomic mass is 10.1. The number of carboxylic acids is 1. The predicted octanol–water partition coefficient (Wildman–Crippen LogP) is 2.78. The first-order valence-electron chi connectivity index (χ1n) is 4.18. The SMILES string of the molecule is Cn1cc(C(=O)O)c2c(F)ccc(Br)c21. The van der Waals surface area contributed by atoms with E-state index in [2.05, 4.69) is 15.9 Å². The van der Waals surface area contributed by atoms with E-state index in [0.717, 1.165) is 0 Å². The van der Waals surface area contributed by atoms with Gasteiger partial charge in [0.1, 0.15) is 5.82 Å². The zero-order valence-corrected chi connectivity index (χ0v) is 9.38. The van der Waals surface area contributed by atoms with E-state index < -0.39 is 11.8 Å². The largest absolute Gasteiger partial charge is 0.478 e. The van der Waals surface area contributed by atoms with Crippen molar-refractivity contribution in [3.63, 3.8) is 0 Å². The summed E-state index contributed by atoms with van der Waals surface area (Å²) in [6.45, 7) is 0. The highest BCUT2D eigenvalue weighted by molar-refractivity contribution is 9.10. The van der Waals surface area contributed by atoms with E-state index in [1.165, 1.54) is 12.3 Å². The Morgan fingerprint density at radius 1 is 1.53 bits per heavy atom. The zero-order valence-electron chi connectivity index (χ0n) is 7.79. The molecule has 0 amide bonds. The summed E-state index contributed by atoms with van der Waals surface area (Å²) in [5.74, 6) is -1.65. The molecular weight excluding hydrogens is 265 g/mol. The van der Waals surface area contributed by atoms with E-state index >= 15 is 0 Å². The molecule has 0 spiro atoms. The van der Waals surface area contributed by atoms with Gasteiger partial charge in [-0.3, -0.25) is 0 Å². The fourth-order valence-corrected chi connectivity index (χ4v) is 2.24. The van der Waals surface area contributed by atoms with Crippen molar-refractivity contribution in [3.05, 3.63) is 34.2 Å². The third-order valence-electron chi connectivity index (χ3n) is 2.25. The highest BCUT2D eigenvalue weighted by Gasteiger charge is 2.17. The van der Waals surface area contributed by atoms with Crippen molar-refractivity contribution in [2.24, 2.45) is 7.05 Å². The fourth-order valence-electron chi connectivity index (χ4n) is 1.63. The minimum Gasteiger partial charge on any atom is -0.478 e. The Labute approximate surface area is 93.3 Å². The number of nitrogens with zero attached hydrogens (tertiary/aromatic N) is 1. The topological polar surface area (TPSA) is 42.2 Å². The maximum absolute atomic E-state index is 13.5. The molecule has 0 atom stereocenters. The first kappa shape index (κ1) is 10.2. The van der Waals surface area contributed by atoms with Gasteiger partial charge in [-0.15, -0.1) is 0 Å². The molecular formula is C10H7BrFNO2. The summed E-state index contributed by atoms with van der Waals surface area (Å²) in [6, 6.07) is 2.81. The van der Waals surface area contributed by atoms with Crippen molar-refractivity contribution < 1.29 is 14.3 Å². The number of hydrogen-bond donors (Lipinski definition) is 1. The normalized spacial score (nSPS) is 10.9. The molecule has 1 heterocycles. The predicted molar refractivity (Wildman–Crippen MR) is 57.5 cm³/mol. The van der Waals surface area contributed by atoms with E-state index in [0.29, 0.717) is 9.99 Å². The Morgan fingerprint density at radius 3 is 2.80 bits per heavy atom. The van der Waals surface area contributed by atoms with Crippen LogP contribution in [0, 0.1) is 5.82 Å². The highest BCUT2D eigenvalue weighted by Crippen LogP contribution is 2.29. The smallest absolute Gasteiger partial charge is 0.337 e. The number of carbonyl (C=O) groups is 1. The van der Waals surface area contributed by atoms with Crippen LogP contribution in [0.2, 0.25) is 0 Å². The Morgan fingerprint density at radius 2 is 2.20 bits per heavy atom. The number of aromatic nitrogens is 1. The average molecular weight is 272 g/mol. The van der Waals surface area contributed by atoms with E-state index in [9.17, 15) is 9.18 Å². The highest BCUT2D eigenvalue weighted by atomic mass is 79.9. The number of rotatable bonds is 1. The molecule has 5 heteroatoms. The molecule has 2 aromatic rings. The summed E-state index contributed by atoms with van der Waals surface area (Å²) in [4.78, 5) is 10.9. The maximum atomic E-state index is 13.5. The van der Waals surface area contributed by atoms with Crippen molar-refractivity contribution in [2.45, 2.75) is 0 Å². The van der Waals surface area contributed by atoms with Gasteiger partial charge in [0.2, 0.25) is 0 Å². The van der Waals surface area contributed by atoms with E-state index in [1.807, 2.05) is 0 Å². The first-order chi connectivity index (χ1) is 7.02. The Bertz CT molecular complexity index is 562. The van der Waals surface area contributed by atoms with Crippen LogP contribution in [0.5, 0.6) is 0 Å². The van der Waals surface area contributed by atoms with Crippen molar-refractivity contribution in [2.75, 3.05) is 0 Å². The summed E-state index contributed by atoms with van der Waals surface area (Å²) < 4.78 is 15.8. The number of fused-ring (bicyclic) bond motifs is 1. The van der Waals surface area contributed by atoms with Gasteiger partial charge < -0.3 is 9.67 Å². The number of halogens is 2. The molecule has 78 valence electrons. The number of benzene rings is 1. The Hall–Kier alpha value is -1.36. The van der Waals surface area contributed by atoms with Crippen LogP contribution < -0.4 is 0 Å². The zero-order chi connectivity index (χ0) is 11.2. The molecule has 0 saturated heterocycles. The van der Waals surface area contributed by atoms with Gasteiger partial charge in [-0.05, 0) is 28.1 Å². The van der Waals surface area contributed by atoms with Crippen molar-refractivity contribution in [3.8, 4) is 0 Å². The summed E-state index contributed by atoms with van der Waals surface area (Å²) >= 11 is 3.26. The summed E-state index contributed by atoms with van der Waals surface area (Å²) in [5.41, 5.74) is 0.527. The molecule has 0 radical (unpaired) electrons. The van der Waals surface area contributed by atoms with E-state index in [1.54, 1.807) is 17.7 Å². The third-order valence-corrected chi connectivity index (χ3v) is 2.89. The molecule has 1 N–H and O–H groups in total. The minimum atomic E-state index is -1.13. The second-order valence-electron chi connectivity index (χ2n) is 3.21. The van der Waals surface area contributed by atoms with Gasteiger partial charge in [-0.25, -0.2) is 9.18 Å². The number of carboxylic acid groups (broad SMARTS) is 1.